The van der Waals surface area contributed by atoms with Gasteiger partial charge in [-0.25, -0.2) is 4.98 Å². The van der Waals surface area contributed by atoms with E-state index in [1.807, 2.05) is 0 Å². The quantitative estimate of drug-likeness (QED) is 0.846. The summed E-state index contributed by atoms with van der Waals surface area (Å²) in [6, 6.07) is 1.47. The molecule has 4 unspecified atom stereocenters. The minimum Gasteiger partial charge on any atom is -0.476 e. The highest BCUT2D eigenvalue weighted by atomic mass is 16.5. The van der Waals surface area contributed by atoms with Crippen LogP contribution in [0.3, 0.4) is 0 Å². The van der Waals surface area contributed by atoms with Crippen LogP contribution in [0.4, 0.5) is 0 Å². The van der Waals surface area contributed by atoms with E-state index >= 15 is 0 Å². The van der Waals surface area contributed by atoms with E-state index in [0.717, 1.165) is 24.5 Å². The van der Waals surface area contributed by atoms with Crippen molar-refractivity contribution in [1.82, 2.24) is 14.9 Å². The average Bonchev–Trinajstić information content (AvgIpc) is 2.70. The first-order chi connectivity index (χ1) is 9.66. The van der Waals surface area contributed by atoms with Crippen molar-refractivity contribution in [3.63, 3.8) is 0 Å². The molecule has 4 atom stereocenters. The molecular weight excluding hydrogens is 250 g/mol. The van der Waals surface area contributed by atoms with Crippen molar-refractivity contribution in [2.24, 2.45) is 17.8 Å². The van der Waals surface area contributed by atoms with Crippen molar-refractivity contribution < 1.29 is 4.74 Å². The Morgan fingerprint density at radius 2 is 2.20 bits per heavy atom. The Morgan fingerprint density at radius 1 is 1.35 bits per heavy atom. The molecule has 0 saturated carbocycles. The third-order valence-electron chi connectivity index (χ3n) is 5.30. The molecule has 0 N–H and O–H groups in total. The van der Waals surface area contributed by atoms with Gasteiger partial charge in [-0.15, -0.1) is 0 Å². The monoisotopic (exact) mass is 275 g/mol. The van der Waals surface area contributed by atoms with Gasteiger partial charge in [-0.2, -0.15) is 0 Å². The van der Waals surface area contributed by atoms with Gasteiger partial charge in [0.2, 0.25) is 5.88 Å². The highest BCUT2D eigenvalue weighted by Gasteiger charge is 2.46. The molecule has 110 valence electrons. The first-order valence-corrected chi connectivity index (χ1v) is 7.77. The number of rotatable bonds is 4. The van der Waals surface area contributed by atoms with Crippen molar-refractivity contribution in [3.8, 4) is 5.88 Å². The fourth-order valence-electron chi connectivity index (χ4n) is 4.16. The predicted molar refractivity (Wildman–Crippen MR) is 78.5 cm³/mol. The largest absolute Gasteiger partial charge is 0.476 e. The third-order valence-corrected chi connectivity index (χ3v) is 5.30. The molecule has 2 aliphatic rings. The zero-order valence-electron chi connectivity index (χ0n) is 12.7. The zero-order chi connectivity index (χ0) is 14.1. The lowest BCUT2D eigenvalue weighted by Gasteiger charge is -2.44. The summed E-state index contributed by atoms with van der Waals surface area (Å²) < 4.78 is 5.92. The first kappa shape index (κ1) is 13.8. The lowest BCUT2D eigenvalue weighted by Crippen LogP contribution is -2.50. The molecule has 0 amide bonds. The smallest absolute Gasteiger partial charge is 0.232 e. The molecule has 3 rings (SSSR count). The van der Waals surface area contributed by atoms with Crippen LogP contribution >= 0.6 is 0 Å². The molecule has 4 heteroatoms. The van der Waals surface area contributed by atoms with Crippen LogP contribution in [0.25, 0.3) is 0 Å². The van der Waals surface area contributed by atoms with Crippen LogP contribution in [0.1, 0.15) is 33.1 Å². The second kappa shape index (κ2) is 5.68. The highest BCUT2D eigenvalue weighted by molar-refractivity contribution is 5.04. The fourth-order valence-corrected chi connectivity index (χ4v) is 4.16. The van der Waals surface area contributed by atoms with Gasteiger partial charge in [0, 0.05) is 30.4 Å². The maximum Gasteiger partial charge on any atom is 0.232 e. The molecule has 1 aromatic rings. The van der Waals surface area contributed by atoms with Crippen LogP contribution in [-0.2, 0) is 0 Å². The molecule has 0 aromatic carbocycles. The van der Waals surface area contributed by atoms with Crippen LogP contribution in [-0.4, -0.2) is 40.6 Å². The molecule has 3 heterocycles. The van der Waals surface area contributed by atoms with Gasteiger partial charge >= 0.3 is 0 Å². The third kappa shape index (κ3) is 2.53. The Labute approximate surface area is 121 Å². The molecule has 2 bridgehead atoms. The maximum atomic E-state index is 5.92. The Balaban J connectivity index is 1.71. The normalized spacial score (nSPS) is 33.6. The summed E-state index contributed by atoms with van der Waals surface area (Å²) >= 11 is 0. The van der Waals surface area contributed by atoms with E-state index in [4.69, 9.17) is 4.74 Å². The number of hydrogen-bond acceptors (Lipinski definition) is 4. The lowest BCUT2D eigenvalue weighted by molar-refractivity contribution is 0.0171. The maximum absolute atomic E-state index is 5.92. The number of ether oxygens (including phenoxy) is 1. The Morgan fingerprint density at radius 3 is 2.90 bits per heavy atom. The van der Waals surface area contributed by atoms with Crippen LogP contribution in [0.5, 0.6) is 5.88 Å². The van der Waals surface area contributed by atoms with Gasteiger partial charge in [-0.05, 0) is 38.1 Å². The van der Waals surface area contributed by atoms with Gasteiger partial charge in [0.05, 0.1) is 12.8 Å². The summed E-state index contributed by atoms with van der Waals surface area (Å²) in [4.78, 5) is 10.9. The van der Waals surface area contributed by atoms with Crippen molar-refractivity contribution in [1.29, 1.82) is 0 Å². The summed E-state index contributed by atoms with van der Waals surface area (Å²) in [7, 11) is 2.29. The fraction of sp³-hybridized carbons (Fsp3) is 0.750. The molecule has 0 spiro atoms. The molecule has 1 aromatic heterocycles. The van der Waals surface area contributed by atoms with E-state index in [1.54, 1.807) is 18.6 Å². The standard InChI is InChI=1S/C16H25N3O/c1-11(2)13-8-12-4-5-15(19(12)3)14(13)10-20-16-9-17-6-7-18-16/h6-7,9,11-15H,4-5,8,10H2,1-3H3. The molecule has 2 fully saturated rings. The molecule has 20 heavy (non-hydrogen) atoms. The van der Waals surface area contributed by atoms with Gasteiger partial charge in [-0.1, -0.05) is 13.8 Å². The number of fused-ring (bicyclic) bond motifs is 2. The average molecular weight is 275 g/mol. The van der Waals surface area contributed by atoms with Crippen molar-refractivity contribution in [2.75, 3.05) is 13.7 Å². The van der Waals surface area contributed by atoms with Crippen molar-refractivity contribution in [2.45, 2.75) is 45.2 Å². The topological polar surface area (TPSA) is 38.3 Å². The van der Waals surface area contributed by atoms with E-state index in [0.29, 0.717) is 17.8 Å². The van der Waals surface area contributed by atoms with Crippen LogP contribution < -0.4 is 4.74 Å². The predicted octanol–water partition coefficient (Wildman–Crippen LogP) is 2.61. The van der Waals surface area contributed by atoms with Gasteiger partial charge in [-0.3, -0.25) is 4.98 Å². The summed E-state index contributed by atoms with van der Waals surface area (Å²) in [5.74, 6) is 2.75. The summed E-state index contributed by atoms with van der Waals surface area (Å²) in [6.07, 6.45) is 9.06. The minimum absolute atomic E-state index is 0.612. The number of hydrogen-bond donors (Lipinski definition) is 0. The minimum atomic E-state index is 0.612. The number of piperidine rings is 1. The van der Waals surface area contributed by atoms with Crippen molar-refractivity contribution in [3.05, 3.63) is 18.6 Å². The zero-order valence-corrected chi connectivity index (χ0v) is 12.7. The van der Waals surface area contributed by atoms with Crippen molar-refractivity contribution >= 4 is 0 Å². The Kier molecular flexibility index (Phi) is 3.92. The lowest BCUT2D eigenvalue weighted by atomic mass is 9.74. The Hall–Kier alpha value is -1.16. The van der Waals surface area contributed by atoms with Crippen LogP contribution in [0.2, 0.25) is 0 Å². The summed E-state index contributed by atoms with van der Waals surface area (Å²) in [5.41, 5.74) is 0. The molecule has 4 nitrogen and oxygen atoms in total. The second-order valence-electron chi connectivity index (χ2n) is 6.63. The van der Waals surface area contributed by atoms with Crippen LogP contribution in [0.15, 0.2) is 18.6 Å². The molecule has 2 aliphatic heterocycles. The van der Waals surface area contributed by atoms with E-state index in [9.17, 15) is 0 Å². The Bertz CT molecular complexity index is 437. The van der Waals surface area contributed by atoms with E-state index in [1.165, 1.54) is 19.3 Å². The van der Waals surface area contributed by atoms with E-state index < -0.39 is 0 Å². The SMILES string of the molecule is CC(C)C1CC2CCC(C1COc1cnccn1)N2C. The van der Waals surface area contributed by atoms with Gasteiger partial charge in [0.15, 0.2) is 0 Å². The molecule has 0 radical (unpaired) electrons. The van der Waals surface area contributed by atoms with Gasteiger partial charge < -0.3 is 9.64 Å². The first-order valence-electron chi connectivity index (χ1n) is 7.77. The summed E-state index contributed by atoms with van der Waals surface area (Å²) in [5, 5.41) is 0. The highest BCUT2D eigenvalue weighted by Crippen LogP contribution is 2.44. The number of aromatic nitrogens is 2. The van der Waals surface area contributed by atoms with E-state index in [-0.39, 0.29) is 0 Å². The van der Waals surface area contributed by atoms with Gasteiger partial charge in [0.25, 0.3) is 0 Å². The van der Waals surface area contributed by atoms with E-state index in [2.05, 4.69) is 35.8 Å². The summed E-state index contributed by atoms with van der Waals surface area (Å²) in [6.45, 7) is 5.47. The molecule has 0 aliphatic carbocycles. The van der Waals surface area contributed by atoms with Gasteiger partial charge in [0.1, 0.15) is 0 Å². The van der Waals surface area contributed by atoms with Crippen LogP contribution in [0, 0.1) is 17.8 Å². The molecule has 2 saturated heterocycles. The number of nitrogens with zero attached hydrogens (tertiary/aromatic N) is 3. The molecular formula is C16H25N3O. The second-order valence-corrected chi connectivity index (χ2v) is 6.63.